The first kappa shape index (κ1) is 23.3. The van der Waals surface area contributed by atoms with E-state index in [0.29, 0.717) is 28.8 Å². The van der Waals surface area contributed by atoms with Crippen molar-refractivity contribution in [3.05, 3.63) is 87.7 Å². The maximum absolute atomic E-state index is 14.6. The zero-order valence-corrected chi connectivity index (χ0v) is 20.4. The number of carbonyl (C=O) groups excluding carboxylic acids is 1. The highest BCUT2D eigenvalue weighted by Gasteiger charge is 2.51. The Balaban J connectivity index is 1.53. The molecular weight excluding hydrogens is 485 g/mol. The quantitative estimate of drug-likeness (QED) is 0.269. The molecule has 0 saturated heterocycles. The molecule has 2 N–H and O–H groups in total. The number of carboxylic acid groups (broad SMARTS) is 1. The summed E-state index contributed by atoms with van der Waals surface area (Å²) in [7, 11) is 0. The molecule has 35 heavy (non-hydrogen) atoms. The van der Waals surface area contributed by atoms with Crippen molar-refractivity contribution in [1.29, 1.82) is 0 Å². The minimum atomic E-state index is -0.914. The van der Waals surface area contributed by atoms with Crippen molar-refractivity contribution >= 4 is 40.4 Å². The molecule has 8 heteroatoms. The highest BCUT2D eigenvalue weighted by atomic mass is 32.1. The van der Waals surface area contributed by atoms with Crippen LogP contribution in [0, 0.1) is 5.13 Å². The Morgan fingerprint density at radius 1 is 1.06 bits per heavy atom. The number of aliphatic carboxylic acids is 1. The monoisotopic (exact) mass is 507 g/mol. The Labute approximate surface area is 209 Å². The highest BCUT2D eigenvalue weighted by molar-refractivity contribution is 7.14. The third kappa shape index (κ3) is 4.59. The topological polar surface area (TPSA) is 75.6 Å². The van der Waals surface area contributed by atoms with Crippen molar-refractivity contribution in [3.8, 4) is 21.6 Å². The molecule has 0 radical (unpaired) electrons. The molecule has 4 aromatic rings. The van der Waals surface area contributed by atoms with Gasteiger partial charge in [-0.25, -0.2) is 4.79 Å². The maximum atomic E-state index is 14.6. The molecule has 1 amide bonds. The van der Waals surface area contributed by atoms with E-state index < -0.39 is 28.7 Å². The number of rotatable bonds is 7. The summed E-state index contributed by atoms with van der Waals surface area (Å²) in [6.45, 7) is 1.78. The first-order valence-electron chi connectivity index (χ1n) is 11.1. The number of hydrogen-bond donors (Lipinski definition) is 2. The zero-order valence-electron chi connectivity index (χ0n) is 18.8. The van der Waals surface area contributed by atoms with Gasteiger partial charge in [0.25, 0.3) is 0 Å². The predicted octanol–water partition coefficient (Wildman–Crippen LogP) is 7.71. The second-order valence-electron chi connectivity index (χ2n) is 8.49. The summed E-state index contributed by atoms with van der Waals surface area (Å²) in [5.74, 6) is -0.863. The van der Waals surface area contributed by atoms with Crippen LogP contribution in [0.5, 0.6) is 0 Å². The number of carboxylic acids is 1. The van der Waals surface area contributed by atoms with E-state index in [1.165, 1.54) is 17.4 Å². The second-order valence-corrected chi connectivity index (χ2v) is 10.5. The number of ether oxygens (including phenoxy) is 1. The molecule has 1 aliphatic carbocycles. The van der Waals surface area contributed by atoms with E-state index in [2.05, 4.69) is 5.32 Å². The van der Waals surface area contributed by atoms with Crippen molar-refractivity contribution in [2.24, 2.45) is 0 Å². The normalized spacial score (nSPS) is 14.8. The van der Waals surface area contributed by atoms with Crippen LogP contribution in [0.2, 0.25) is 0 Å². The van der Waals surface area contributed by atoms with Crippen LogP contribution in [0.15, 0.2) is 72.1 Å². The van der Waals surface area contributed by atoms with E-state index in [1.807, 2.05) is 66.0 Å². The van der Waals surface area contributed by atoms with Crippen LogP contribution in [-0.2, 0) is 14.9 Å². The van der Waals surface area contributed by atoms with Gasteiger partial charge in [0.2, 0.25) is 0 Å². The summed E-state index contributed by atoms with van der Waals surface area (Å²) >= 11 is 2.38. The van der Waals surface area contributed by atoms with Crippen LogP contribution < -0.4 is 5.32 Å². The molecule has 178 valence electrons. The number of hydrogen-bond acceptors (Lipinski definition) is 5. The van der Waals surface area contributed by atoms with Gasteiger partial charge < -0.3 is 9.84 Å². The van der Waals surface area contributed by atoms with Gasteiger partial charge in [0.05, 0.1) is 16.0 Å². The average molecular weight is 508 g/mol. The van der Waals surface area contributed by atoms with Gasteiger partial charge in [-0.3, -0.25) is 10.1 Å². The van der Waals surface area contributed by atoms with Crippen LogP contribution in [-0.4, -0.2) is 17.2 Å². The molecule has 1 saturated carbocycles. The molecule has 5 nitrogen and oxygen atoms in total. The number of halogens is 1. The fourth-order valence-corrected chi connectivity index (χ4v) is 5.77. The van der Waals surface area contributed by atoms with Gasteiger partial charge in [-0.15, -0.1) is 22.7 Å². The van der Waals surface area contributed by atoms with Crippen LogP contribution in [0.3, 0.4) is 0 Å². The van der Waals surface area contributed by atoms with E-state index in [0.717, 1.165) is 27.3 Å². The molecule has 1 unspecified atom stereocenters. The highest BCUT2D eigenvalue weighted by Crippen LogP contribution is 2.51. The smallest absolute Gasteiger partial charge is 0.412 e. The molecule has 2 aromatic carbocycles. The van der Waals surface area contributed by atoms with Crippen molar-refractivity contribution in [2.45, 2.75) is 31.3 Å². The first-order valence-corrected chi connectivity index (χ1v) is 12.8. The van der Waals surface area contributed by atoms with Crippen molar-refractivity contribution < 1.29 is 23.8 Å². The third-order valence-electron chi connectivity index (χ3n) is 6.23. The average Bonchev–Trinajstić information content (AvgIpc) is 3.32. The summed E-state index contributed by atoms with van der Waals surface area (Å²) in [5, 5.41) is 13.9. The Hall–Kier alpha value is -3.49. The Morgan fingerprint density at radius 3 is 2.49 bits per heavy atom. The molecule has 1 atom stereocenters. The Bertz CT molecular complexity index is 1380. The number of thiophene rings is 2. The van der Waals surface area contributed by atoms with E-state index in [1.54, 1.807) is 6.92 Å². The van der Waals surface area contributed by atoms with Crippen molar-refractivity contribution in [3.63, 3.8) is 0 Å². The van der Waals surface area contributed by atoms with Gasteiger partial charge in [0.1, 0.15) is 6.10 Å². The fourth-order valence-electron chi connectivity index (χ4n) is 4.18. The number of nitrogens with one attached hydrogen (secondary N) is 1. The first-order chi connectivity index (χ1) is 16.9. The molecule has 0 aliphatic heterocycles. The molecule has 2 heterocycles. The summed E-state index contributed by atoms with van der Waals surface area (Å²) in [6, 6.07) is 20.2. The van der Waals surface area contributed by atoms with Crippen LogP contribution >= 0.6 is 22.7 Å². The molecule has 1 fully saturated rings. The Morgan fingerprint density at radius 2 is 1.83 bits per heavy atom. The lowest BCUT2D eigenvalue weighted by atomic mass is 9.89. The maximum Gasteiger partial charge on any atom is 0.412 e. The van der Waals surface area contributed by atoms with Gasteiger partial charge >= 0.3 is 12.1 Å². The van der Waals surface area contributed by atoms with E-state index in [9.17, 15) is 19.1 Å². The molecular formula is C27H22FNO4S2. The van der Waals surface area contributed by atoms with Crippen LogP contribution in [0.25, 0.3) is 21.6 Å². The molecule has 5 rings (SSSR count). The minimum Gasteiger partial charge on any atom is -0.481 e. The summed E-state index contributed by atoms with van der Waals surface area (Å²) in [4.78, 5) is 26.0. The minimum absolute atomic E-state index is 0.283. The van der Waals surface area contributed by atoms with Gasteiger partial charge in [-0.2, -0.15) is 4.39 Å². The number of benzene rings is 2. The summed E-state index contributed by atoms with van der Waals surface area (Å²) < 4.78 is 20.1. The number of carbonyl (C=O) groups is 2. The van der Waals surface area contributed by atoms with E-state index in [-0.39, 0.29) is 5.69 Å². The van der Waals surface area contributed by atoms with E-state index >= 15 is 0 Å². The lowest BCUT2D eigenvalue weighted by Crippen LogP contribution is -2.19. The van der Waals surface area contributed by atoms with Crippen LogP contribution in [0.1, 0.15) is 36.3 Å². The molecule has 0 bridgehead atoms. The number of anilines is 1. The van der Waals surface area contributed by atoms with Gasteiger partial charge in [-0.1, -0.05) is 48.5 Å². The van der Waals surface area contributed by atoms with Crippen LogP contribution in [0.4, 0.5) is 14.9 Å². The summed E-state index contributed by atoms with van der Waals surface area (Å²) in [5.41, 5.74) is 2.43. The van der Waals surface area contributed by atoms with Gasteiger partial charge in [-0.05, 0) is 54.0 Å². The predicted molar refractivity (Wildman–Crippen MR) is 137 cm³/mol. The van der Waals surface area contributed by atoms with Gasteiger partial charge in [0.15, 0.2) is 5.13 Å². The van der Waals surface area contributed by atoms with Gasteiger partial charge in [0, 0.05) is 16.5 Å². The SMILES string of the molecule is CC(OC(=O)Nc1cc(F)sc1-c1cc(C2(C(=O)O)CC2)ccc1-c1ccccc1)c1cccs1. The second kappa shape index (κ2) is 9.28. The lowest BCUT2D eigenvalue weighted by Gasteiger charge is -2.17. The molecule has 2 aromatic heterocycles. The fraction of sp³-hybridized carbons (Fsp3) is 0.185. The van der Waals surface area contributed by atoms with Crippen molar-refractivity contribution in [1.82, 2.24) is 0 Å². The van der Waals surface area contributed by atoms with Crippen molar-refractivity contribution in [2.75, 3.05) is 5.32 Å². The molecule has 1 aliphatic rings. The molecule has 0 spiro atoms. The largest absolute Gasteiger partial charge is 0.481 e. The zero-order chi connectivity index (χ0) is 24.6. The Kier molecular flexibility index (Phi) is 6.17. The summed E-state index contributed by atoms with van der Waals surface area (Å²) in [6.07, 6.45) is -0.0194. The van der Waals surface area contributed by atoms with E-state index in [4.69, 9.17) is 4.74 Å². The third-order valence-corrected chi connectivity index (χ3v) is 8.22. The number of amides is 1. The standard InChI is InChI=1S/C27H22FNO4S2/c1-16(22-8-5-13-34-22)33-26(32)29-21-15-23(28)35-24(21)20-14-18(27(11-12-27)25(30)31)9-10-19(20)17-6-3-2-4-7-17/h2-10,13-16H,11-12H2,1H3,(H,29,32)(H,30,31). The lowest BCUT2D eigenvalue weighted by molar-refractivity contribution is -0.140.